The van der Waals surface area contributed by atoms with Crippen LogP contribution in [0.4, 0.5) is 0 Å². The SMILES string of the molecule is Brc1cc(-n2c3ccccc3c3ccccc32)cc(-n2c3ccccc3c3ccccc32)c1.Cc1nc(C)c(C)c(-c2ccc(-c3cc(-n4c5ccccc5c5ccccc54)cc(-n4c5ccccc5c5ccccc54)c3)cc2)n1.Cc1nc(C)c(C)c(-c2ccc(B3OC(C)(C)C(C)(C)O3)cc2)n1. The van der Waals surface area contributed by atoms with Crippen LogP contribution in [0, 0.1) is 41.5 Å². The Labute approximate surface area is 613 Å². The van der Waals surface area contributed by atoms with Gasteiger partial charge in [0.05, 0.1) is 66.7 Å². The minimum atomic E-state index is -0.334. The molecule has 0 bridgehead atoms. The zero-order chi connectivity index (χ0) is 71.3. The average Bonchev–Trinajstić information content (AvgIpc) is 1.58. The third-order valence-corrected chi connectivity index (χ3v) is 21.8. The summed E-state index contributed by atoms with van der Waals surface area (Å²) in [6.07, 6.45) is 0. The molecule has 7 heterocycles. The van der Waals surface area contributed by atoms with E-state index in [1.807, 2.05) is 20.8 Å². The van der Waals surface area contributed by atoms with Gasteiger partial charge in [-0.3, -0.25) is 0 Å². The molecule has 1 saturated heterocycles. The smallest absolute Gasteiger partial charge is 0.399 e. The second kappa shape index (κ2) is 26.1. The van der Waals surface area contributed by atoms with Crippen molar-refractivity contribution in [1.82, 2.24) is 38.2 Å². The standard InChI is InChI=1S/C43H32N4.C30H19BrN2.C19H25BN2O2/c1-27-28(2)44-29(3)45-43(27)31-22-20-30(21-23-31)32-24-33(46-39-16-8-4-12-35(39)36-13-5-9-17-40(36)46)26-34(25-32)47-41-18-10-6-14-37(41)38-15-7-11-19-42(38)47;31-20-17-21(32-27-13-5-1-9-23(27)24-10-2-6-14-28(24)32)19-22(18-20)33-29-15-7-3-11-25(29)26-12-4-8-16-30(26)33;1-12-13(2)21-14(3)22-17(12)15-8-10-16(11-9-15)20-23-18(4,5)19(6,7)24-20/h4-26H,1-3H3;1-19H;8-11H,1-7H3. The lowest BCUT2D eigenvalue weighted by Crippen LogP contribution is -2.41. The van der Waals surface area contributed by atoms with Crippen LogP contribution < -0.4 is 5.46 Å². The molecule has 0 aliphatic carbocycles. The van der Waals surface area contributed by atoms with Gasteiger partial charge in [0.1, 0.15) is 11.6 Å². The van der Waals surface area contributed by atoms with Gasteiger partial charge in [-0.1, -0.05) is 210 Å². The minimum absolute atomic E-state index is 0.326. The summed E-state index contributed by atoms with van der Waals surface area (Å²) in [4.78, 5) is 18.4. The summed E-state index contributed by atoms with van der Waals surface area (Å²) >= 11 is 3.81. The van der Waals surface area contributed by atoms with E-state index in [-0.39, 0.29) is 18.3 Å². The van der Waals surface area contributed by atoms with Crippen LogP contribution in [-0.2, 0) is 9.31 Å². The van der Waals surface area contributed by atoms with Crippen LogP contribution in [0.2, 0.25) is 0 Å². The Bertz CT molecular complexity index is 5930. The van der Waals surface area contributed by atoms with Crippen molar-refractivity contribution < 1.29 is 9.31 Å². The Hall–Kier alpha value is -11.5. The maximum Gasteiger partial charge on any atom is 0.494 e. The number of hydrogen-bond acceptors (Lipinski definition) is 6. The van der Waals surface area contributed by atoms with Gasteiger partial charge >= 0.3 is 7.12 Å². The lowest BCUT2D eigenvalue weighted by atomic mass is 9.78. The van der Waals surface area contributed by atoms with Crippen molar-refractivity contribution >= 4 is 116 Å². The number of halogens is 1. The quantitative estimate of drug-likeness (QED) is 0.141. The van der Waals surface area contributed by atoms with Crippen molar-refractivity contribution in [3.63, 3.8) is 0 Å². The number of aromatic nitrogens is 8. The zero-order valence-corrected chi connectivity index (χ0v) is 61.5. The molecule has 0 saturated carbocycles. The third kappa shape index (κ3) is 11.5. The first kappa shape index (κ1) is 65.8. The molecule has 0 N–H and O–H groups in total. The van der Waals surface area contributed by atoms with Gasteiger partial charge in [-0.2, -0.15) is 0 Å². The topological polar surface area (TPSA) is 89.7 Å². The monoisotopic (exact) mass is 1410 g/mol. The second-order valence-corrected chi connectivity index (χ2v) is 29.2. The van der Waals surface area contributed by atoms with Crippen LogP contribution in [0.5, 0.6) is 0 Å². The molecule has 0 spiro atoms. The summed E-state index contributed by atoms with van der Waals surface area (Å²) in [5.74, 6) is 1.59. The highest BCUT2D eigenvalue weighted by Gasteiger charge is 2.51. The van der Waals surface area contributed by atoms with E-state index in [0.29, 0.717) is 0 Å². The van der Waals surface area contributed by atoms with E-state index in [4.69, 9.17) is 14.3 Å². The molecule has 6 aromatic heterocycles. The van der Waals surface area contributed by atoms with Crippen LogP contribution in [-0.4, -0.2) is 56.5 Å². The van der Waals surface area contributed by atoms with Gasteiger partial charge in [0.15, 0.2) is 0 Å². The second-order valence-electron chi connectivity index (χ2n) is 28.3. The fourth-order valence-electron chi connectivity index (χ4n) is 15.3. The molecule has 10 nitrogen and oxygen atoms in total. The highest BCUT2D eigenvalue weighted by atomic mass is 79.9. The molecule has 0 amide bonds. The minimum Gasteiger partial charge on any atom is -0.399 e. The predicted molar refractivity (Wildman–Crippen MR) is 436 cm³/mol. The Morgan fingerprint density at radius 2 is 0.538 bits per heavy atom. The van der Waals surface area contributed by atoms with Gasteiger partial charge in [0, 0.05) is 92.8 Å². The molecule has 19 rings (SSSR count). The molecule has 506 valence electrons. The molecule has 0 radical (unpaired) electrons. The first-order valence-electron chi connectivity index (χ1n) is 35.6. The number of aryl methyl sites for hydroxylation is 4. The van der Waals surface area contributed by atoms with Crippen molar-refractivity contribution in [2.75, 3.05) is 0 Å². The third-order valence-electron chi connectivity index (χ3n) is 21.3. The van der Waals surface area contributed by atoms with Crippen LogP contribution >= 0.6 is 15.9 Å². The Balaban J connectivity index is 0.000000123. The van der Waals surface area contributed by atoms with Gasteiger partial charge < -0.3 is 27.6 Å². The molecule has 1 aliphatic rings. The average molecular weight is 1420 g/mol. The Morgan fingerprint density at radius 3 is 0.827 bits per heavy atom. The van der Waals surface area contributed by atoms with E-state index in [1.165, 1.54) is 87.2 Å². The van der Waals surface area contributed by atoms with Gasteiger partial charge in [0.2, 0.25) is 0 Å². The highest BCUT2D eigenvalue weighted by Crippen LogP contribution is 2.42. The van der Waals surface area contributed by atoms with E-state index in [9.17, 15) is 0 Å². The van der Waals surface area contributed by atoms with E-state index in [0.717, 1.165) is 100 Å². The van der Waals surface area contributed by atoms with Crippen LogP contribution in [0.15, 0.2) is 284 Å². The fraction of sp³-hybridized carbons (Fsp3) is 0.130. The largest absolute Gasteiger partial charge is 0.494 e. The van der Waals surface area contributed by atoms with Crippen LogP contribution in [0.1, 0.15) is 61.9 Å². The number of rotatable bonds is 8. The van der Waals surface area contributed by atoms with E-state index >= 15 is 0 Å². The summed E-state index contributed by atoms with van der Waals surface area (Å²) in [6.45, 7) is 20.4. The number of hydrogen-bond donors (Lipinski definition) is 0. The molecule has 0 unspecified atom stereocenters. The van der Waals surface area contributed by atoms with Gasteiger partial charge in [0.25, 0.3) is 0 Å². The summed E-state index contributed by atoms with van der Waals surface area (Å²) < 4.78 is 22.8. The predicted octanol–water partition coefficient (Wildman–Crippen LogP) is 22.9. The fourth-order valence-corrected chi connectivity index (χ4v) is 15.8. The van der Waals surface area contributed by atoms with Gasteiger partial charge in [-0.25, -0.2) is 19.9 Å². The highest BCUT2D eigenvalue weighted by molar-refractivity contribution is 9.10. The molecule has 18 aromatic rings. The summed E-state index contributed by atoms with van der Waals surface area (Å²) in [5, 5.41) is 10.1. The van der Waals surface area contributed by atoms with E-state index < -0.39 is 0 Å². The van der Waals surface area contributed by atoms with Gasteiger partial charge in [-0.05, 0) is 182 Å². The molecule has 12 heteroatoms. The van der Waals surface area contributed by atoms with Crippen molar-refractivity contribution in [2.24, 2.45) is 0 Å². The maximum absolute atomic E-state index is 6.11. The lowest BCUT2D eigenvalue weighted by molar-refractivity contribution is 0.00578. The van der Waals surface area contributed by atoms with Crippen molar-refractivity contribution in [3.8, 4) is 56.4 Å². The first-order valence-corrected chi connectivity index (χ1v) is 36.3. The van der Waals surface area contributed by atoms with Crippen molar-refractivity contribution in [3.05, 3.63) is 318 Å². The summed E-state index contributed by atoms with van der Waals surface area (Å²) in [7, 11) is -0.334. The number of nitrogens with zero attached hydrogens (tertiary/aromatic N) is 8. The molecule has 0 atom stereocenters. The number of fused-ring (bicyclic) bond motifs is 12. The molecule has 12 aromatic carbocycles. The lowest BCUT2D eigenvalue weighted by Gasteiger charge is -2.32. The normalized spacial score (nSPS) is 13.4. The zero-order valence-electron chi connectivity index (χ0n) is 59.9. The van der Waals surface area contributed by atoms with Crippen molar-refractivity contribution in [2.45, 2.75) is 80.4 Å². The molecule has 104 heavy (non-hydrogen) atoms. The van der Waals surface area contributed by atoms with Gasteiger partial charge in [-0.15, -0.1) is 0 Å². The number of benzene rings is 12. The first-order chi connectivity index (χ1) is 50.4. The van der Waals surface area contributed by atoms with Crippen molar-refractivity contribution in [1.29, 1.82) is 0 Å². The Kier molecular flexibility index (Phi) is 16.5. The number of para-hydroxylation sites is 8. The molecular formula is C92H76BBrN8O2. The van der Waals surface area contributed by atoms with E-state index in [1.54, 1.807) is 0 Å². The Morgan fingerprint density at radius 1 is 0.288 bits per heavy atom. The summed E-state index contributed by atoms with van der Waals surface area (Å²) in [5.41, 5.74) is 25.3. The molecule has 1 fully saturated rings. The van der Waals surface area contributed by atoms with E-state index in [2.05, 4.69) is 377 Å². The maximum atomic E-state index is 6.11. The van der Waals surface area contributed by atoms with Crippen LogP contribution in [0.25, 0.3) is 144 Å². The van der Waals surface area contributed by atoms with Crippen LogP contribution in [0.3, 0.4) is 0 Å². The summed E-state index contributed by atoms with van der Waals surface area (Å²) in [6, 6.07) is 100. The molecular weight excluding hydrogens is 1340 g/mol. The molecule has 1 aliphatic heterocycles.